The fourth-order valence-electron chi connectivity index (χ4n) is 2.89. The van der Waals surface area contributed by atoms with Crippen LogP contribution < -0.4 is 5.73 Å². The van der Waals surface area contributed by atoms with Crippen LogP contribution in [0.5, 0.6) is 0 Å². The lowest BCUT2D eigenvalue weighted by Gasteiger charge is -2.18. The summed E-state index contributed by atoms with van der Waals surface area (Å²) in [4.78, 5) is 12.4. The average molecular weight is 218 g/mol. The predicted octanol–water partition coefficient (Wildman–Crippen LogP) is 1.52. The van der Waals surface area contributed by atoms with Crippen molar-refractivity contribution in [3.63, 3.8) is 0 Å². The minimum absolute atomic E-state index is 0.0894. The molecule has 0 unspecified atom stereocenters. The van der Waals surface area contributed by atoms with Crippen LogP contribution in [0.1, 0.15) is 12.0 Å². The second-order valence-corrected chi connectivity index (χ2v) is 4.84. The number of benzene rings is 1. The van der Waals surface area contributed by atoms with Crippen molar-refractivity contribution in [3.8, 4) is 0 Å². The molecular formula is C12H14N2O2. The Balaban J connectivity index is 1.87. The van der Waals surface area contributed by atoms with Crippen LogP contribution in [0.4, 0.5) is 10.5 Å². The summed E-state index contributed by atoms with van der Waals surface area (Å²) in [5.74, 6) is 0.507. The maximum absolute atomic E-state index is 10.9. The standard InChI is InChI=1S/C12H14N2O2/c13-10-3-1-8(2-4-10)12-5-9(12)6-14(7-12)11(15)16/h1-4,9H,5-7,13H2,(H,15,16)/t9-,12+/m1/s1. The number of hydrogen-bond donors (Lipinski definition) is 2. The van der Waals surface area contributed by atoms with E-state index in [1.807, 2.05) is 24.3 Å². The molecule has 1 heterocycles. The molecule has 3 rings (SSSR count). The number of hydrogen-bond acceptors (Lipinski definition) is 2. The third-order valence-corrected chi connectivity index (χ3v) is 3.90. The molecule has 3 N–H and O–H groups in total. The smallest absolute Gasteiger partial charge is 0.407 e. The zero-order chi connectivity index (χ0) is 11.3. The third-order valence-electron chi connectivity index (χ3n) is 3.90. The van der Waals surface area contributed by atoms with E-state index in [1.54, 1.807) is 0 Å². The SMILES string of the molecule is Nc1ccc([C@@]23C[C@@H]2CN(C(=O)O)C3)cc1. The van der Waals surface area contributed by atoms with Gasteiger partial charge in [-0.05, 0) is 30.0 Å². The van der Waals surface area contributed by atoms with Gasteiger partial charge >= 0.3 is 6.09 Å². The van der Waals surface area contributed by atoms with Crippen LogP contribution in [0.25, 0.3) is 0 Å². The number of nitrogen functional groups attached to an aromatic ring is 1. The number of carbonyl (C=O) groups is 1. The van der Waals surface area contributed by atoms with Crippen LogP contribution in [0, 0.1) is 5.92 Å². The van der Waals surface area contributed by atoms with Gasteiger partial charge in [-0.25, -0.2) is 4.79 Å². The Hall–Kier alpha value is -1.71. The molecule has 1 aromatic carbocycles. The van der Waals surface area contributed by atoms with Crippen LogP contribution in [0.3, 0.4) is 0 Å². The van der Waals surface area contributed by atoms with Crippen molar-refractivity contribution in [2.45, 2.75) is 11.8 Å². The van der Waals surface area contributed by atoms with Crippen molar-refractivity contribution in [1.29, 1.82) is 0 Å². The first-order chi connectivity index (χ1) is 7.62. The van der Waals surface area contributed by atoms with Crippen molar-refractivity contribution in [3.05, 3.63) is 29.8 Å². The van der Waals surface area contributed by atoms with E-state index in [1.165, 1.54) is 10.5 Å². The van der Waals surface area contributed by atoms with Crippen LogP contribution in [-0.2, 0) is 5.41 Å². The van der Waals surface area contributed by atoms with Crippen molar-refractivity contribution < 1.29 is 9.90 Å². The highest BCUT2D eigenvalue weighted by Crippen LogP contribution is 2.58. The van der Waals surface area contributed by atoms with E-state index >= 15 is 0 Å². The summed E-state index contributed by atoms with van der Waals surface area (Å²) < 4.78 is 0. The molecule has 4 heteroatoms. The first-order valence-corrected chi connectivity index (χ1v) is 5.46. The number of likely N-dealkylation sites (tertiary alicyclic amines) is 1. The quantitative estimate of drug-likeness (QED) is 0.702. The fourth-order valence-corrected chi connectivity index (χ4v) is 2.89. The van der Waals surface area contributed by atoms with Gasteiger partial charge in [0.2, 0.25) is 0 Å². The van der Waals surface area contributed by atoms with Gasteiger partial charge in [0.05, 0.1) is 0 Å². The second kappa shape index (κ2) is 2.90. The summed E-state index contributed by atoms with van der Waals surface area (Å²) in [5.41, 5.74) is 7.73. The summed E-state index contributed by atoms with van der Waals surface area (Å²) in [5, 5.41) is 8.96. The molecule has 0 aromatic heterocycles. The first kappa shape index (κ1) is 9.51. The highest BCUT2D eigenvalue weighted by Gasteiger charge is 2.61. The number of piperidine rings is 1. The number of anilines is 1. The number of carboxylic acid groups (broad SMARTS) is 1. The number of fused-ring (bicyclic) bond motifs is 1. The molecule has 84 valence electrons. The Morgan fingerprint density at radius 2 is 2.12 bits per heavy atom. The predicted molar refractivity (Wildman–Crippen MR) is 60.2 cm³/mol. The van der Waals surface area contributed by atoms with E-state index in [9.17, 15) is 4.79 Å². The van der Waals surface area contributed by atoms with Gasteiger partial charge < -0.3 is 15.7 Å². The molecule has 1 amide bonds. The average Bonchev–Trinajstić information content (AvgIpc) is 2.82. The van der Waals surface area contributed by atoms with Crippen molar-refractivity contribution in [1.82, 2.24) is 4.90 Å². The molecular weight excluding hydrogens is 204 g/mol. The van der Waals surface area contributed by atoms with Gasteiger partial charge in [0.1, 0.15) is 0 Å². The van der Waals surface area contributed by atoms with Crippen molar-refractivity contribution in [2.75, 3.05) is 18.8 Å². The normalized spacial score (nSPS) is 31.2. The number of rotatable bonds is 1. The van der Waals surface area contributed by atoms with Gasteiger partial charge in [-0.15, -0.1) is 0 Å². The van der Waals surface area contributed by atoms with Gasteiger partial charge in [0.25, 0.3) is 0 Å². The molecule has 2 aliphatic rings. The first-order valence-electron chi connectivity index (χ1n) is 5.46. The van der Waals surface area contributed by atoms with Crippen LogP contribution in [0.2, 0.25) is 0 Å². The molecule has 2 atom stereocenters. The van der Waals surface area contributed by atoms with Crippen LogP contribution in [0.15, 0.2) is 24.3 Å². The van der Waals surface area contributed by atoms with E-state index in [-0.39, 0.29) is 5.41 Å². The molecule has 16 heavy (non-hydrogen) atoms. The van der Waals surface area contributed by atoms with Gasteiger partial charge in [0, 0.05) is 24.2 Å². The Kier molecular flexibility index (Phi) is 1.73. The van der Waals surface area contributed by atoms with Crippen LogP contribution >= 0.6 is 0 Å². The van der Waals surface area contributed by atoms with E-state index in [0.29, 0.717) is 19.0 Å². The summed E-state index contributed by atoms with van der Waals surface area (Å²) in [7, 11) is 0. The summed E-state index contributed by atoms with van der Waals surface area (Å²) in [6.07, 6.45) is 0.308. The molecule has 4 nitrogen and oxygen atoms in total. The lowest BCUT2D eigenvalue weighted by Crippen LogP contribution is -2.31. The molecule has 1 aliphatic carbocycles. The van der Waals surface area contributed by atoms with Crippen molar-refractivity contribution >= 4 is 11.8 Å². The lowest BCUT2D eigenvalue weighted by molar-refractivity contribution is 0.150. The highest BCUT2D eigenvalue weighted by atomic mass is 16.4. The fraction of sp³-hybridized carbons (Fsp3) is 0.417. The summed E-state index contributed by atoms with van der Waals surface area (Å²) in [6.45, 7) is 1.32. The molecule has 0 radical (unpaired) electrons. The number of nitrogens with zero attached hydrogens (tertiary/aromatic N) is 1. The van der Waals surface area contributed by atoms with Crippen LogP contribution in [-0.4, -0.2) is 29.2 Å². The van der Waals surface area contributed by atoms with E-state index in [2.05, 4.69) is 0 Å². The molecule has 1 aliphatic heterocycles. The molecule has 1 aromatic rings. The van der Waals surface area contributed by atoms with Gasteiger partial charge in [-0.1, -0.05) is 12.1 Å². The summed E-state index contributed by atoms with van der Waals surface area (Å²) in [6, 6.07) is 7.84. The maximum atomic E-state index is 10.9. The van der Waals surface area contributed by atoms with Gasteiger partial charge in [-0.2, -0.15) is 0 Å². The Labute approximate surface area is 93.7 Å². The Morgan fingerprint density at radius 1 is 1.44 bits per heavy atom. The van der Waals surface area contributed by atoms with E-state index in [4.69, 9.17) is 10.8 Å². The largest absolute Gasteiger partial charge is 0.465 e. The Bertz CT molecular complexity index is 443. The number of nitrogens with two attached hydrogens (primary N) is 1. The minimum atomic E-state index is -0.804. The maximum Gasteiger partial charge on any atom is 0.407 e. The second-order valence-electron chi connectivity index (χ2n) is 4.84. The topological polar surface area (TPSA) is 66.6 Å². The Morgan fingerprint density at radius 3 is 2.69 bits per heavy atom. The number of amides is 1. The zero-order valence-electron chi connectivity index (χ0n) is 8.89. The van der Waals surface area contributed by atoms with Crippen molar-refractivity contribution in [2.24, 2.45) is 5.92 Å². The lowest BCUT2D eigenvalue weighted by atomic mass is 9.95. The summed E-state index contributed by atoms with van der Waals surface area (Å²) >= 11 is 0. The molecule has 2 fully saturated rings. The monoisotopic (exact) mass is 218 g/mol. The third kappa shape index (κ3) is 1.19. The molecule has 0 spiro atoms. The molecule has 1 saturated heterocycles. The minimum Gasteiger partial charge on any atom is -0.465 e. The van der Waals surface area contributed by atoms with E-state index in [0.717, 1.165) is 12.1 Å². The van der Waals surface area contributed by atoms with Gasteiger partial charge in [0.15, 0.2) is 0 Å². The molecule has 1 saturated carbocycles. The van der Waals surface area contributed by atoms with Gasteiger partial charge in [-0.3, -0.25) is 0 Å². The molecule has 0 bridgehead atoms. The van der Waals surface area contributed by atoms with E-state index < -0.39 is 6.09 Å². The zero-order valence-corrected chi connectivity index (χ0v) is 8.89. The highest BCUT2D eigenvalue weighted by molar-refractivity contribution is 5.67.